The molecule has 150 valence electrons. The average molecular weight is 413 g/mol. The first-order valence-electron chi connectivity index (χ1n) is 8.35. The molecule has 4 nitrogen and oxygen atoms in total. The summed E-state index contributed by atoms with van der Waals surface area (Å²) < 4.78 is 39.8. The number of nitrogens with zero attached hydrogens (tertiary/aromatic N) is 2. The highest BCUT2D eigenvalue weighted by atomic mass is 35.5. The van der Waals surface area contributed by atoms with Gasteiger partial charge < -0.3 is 9.68 Å². The maximum atomic E-state index is 13.3. The van der Waals surface area contributed by atoms with Crippen molar-refractivity contribution in [2.24, 2.45) is 10.3 Å². The van der Waals surface area contributed by atoms with Gasteiger partial charge in [0.2, 0.25) is 0 Å². The molecule has 8 heteroatoms. The van der Waals surface area contributed by atoms with E-state index < -0.39 is 11.7 Å². The molecule has 0 amide bonds. The molecule has 2 aromatic carbocycles. The molecule has 0 spiro atoms. The van der Waals surface area contributed by atoms with Crippen molar-refractivity contribution in [3.8, 4) is 0 Å². The second-order valence-electron chi connectivity index (χ2n) is 6.10. The van der Waals surface area contributed by atoms with Crippen molar-refractivity contribution in [2.45, 2.75) is 33.6 Å². The molecule has 0 fully saturated rings. The van der Waals surface area contributed by atoms with E-state index in [0.29, 0.717) is 5.71 Å². The minimum absolute atomic E-state index is 0.00208. The topological polar surface area (TPSA) is 43.2 Å². The van der Waals surface area contributed by atoms with Gasteiger partial charge in [-0.1, -0.05) is 46.2 Å². The standard InChI is InChI=1S/C20H20ClF3N2O2/c1-12-6-5-7-16(13(2)25-27-4)18(12)11-28-26-14(3)17-9-8-15(21)10-19(17)20(22,23)24/h5-10H,11H2,1-4H3/b25-13-,26-14+. The third-order valence-corrected chi connectivity index (χ3v) is 4.35. The van der Waals surface area contributed by atoms with Crippen molar-refractivity contribution < 1.29 is 22.8 Å². The molecule has 0 unspecified atom stereocenters. The molecule has 0 N–H and O–H groups in total. The molecule has 0 aliphatic rings. The summed E-state index contributed by atoms with van der Waals surface area (Å²) in [6.07, 6.45) is -4.55. The molecule has 28 heavy (non-hydrogen) atoms. The predicted molar refractivity (Wildman–Crippen MR) is 104 cm³/mol. The number of hydrogen-bond donors (Lipinski definition) is 0. The Hall–Kier alpha value is -2.54. The highest BCUT2D eigenvalue weighted by Crippen LogP contribution is 2.34. The lowest BCUT2D eigenvalue weighted by atomic mass is 10.00. The van der Waals surface area contributed by atoms with E-state index in [2.05, 4.69) is 10.3 Å². The summed E-state index contributed by atoms with van der Waals surface area (Å²) in [5.74, 6) is 0. The fraction of sp³-hybridized carbons (Fsp3) is 0.300. The van der Waals surface area contributed by atoms with E-state index in [0.717, 1.165) is 22.8 Å². The van der Waals surface area contributed by atoms with Crippen LogP contribution in [0.3, 0.4) is 0 Å². The van der Waals surface area contributed by atoms with Crippen LogP contribution in [0.5, 0.6) is 0 Å². The van der Waals surface area contributed by atoms with Crippen LogP contribution in [0.2, 0.25) is 5.02 Å². The van der Waals surface area contributed by atoms with Crippen LogP contribution in [-0.2, 0) is 22.5 Å². The molecule has 0 atom stereocenters. The lowest BCUT2D eigenvalue weighted by Crippen LogP contribution is -2.12. The lowest BCUT2D eigenvalue weighted by molar-refractivity contribution is -0.137. The largest absolute Gasteiger partial charge is 0.417 e. The fourth-order valence-electron chi connectivity index (χ4n) is 2.73. The molecule has 0 heterocycles. The number of rotatable bonds is 6. The van der Waals surface area contributed by atoms with Gasteiger partial charge in [0.1, 0.15) is 13.7 Å². The van der Waals surface area contributed by atoms with Crippen molar-refractivity contribution in [1.82, 2.24) is 0 Å². The second kappa shape index (κ2) is 9.10. The highest BCUT2D eigenvalue weighted by molar-refractivity contribution is 6.30. The average Bonchev–Trinajstić information content (AvgIpc) is 2.62. The van der Waals surface area contributed by atoms with Crippen molar-refractivity contribution in [3.05, 3.63) is 69.2 Å². The number of aryl methyl sites for hydroxylation is 1. The van der Waals surface area contributed by atoms with Crippen LogP contribution in [0, 0.1) is 6.92 Å². The third-order valence-electron chi connectivity index (χ3n) is 4.12. The van der Waals surface area contributed by atoms with Gasteiger partial charge in [-0.25, -0.2) is 0 Å². The molecule has 0 aliphatic carbocycles. The van der Waals surface area contributed by atoms with Crippen molar-refractivity contribution >= 4 is 23.0 Å². The van der Waals surface area contributed by atoms with E-state index in [-0.39, 0.29) is 22.9 Å². The van der Waals surface area contributed by atoms with Gasteiger partial charge >= 0.3 is 6.18 Å². The molecular formula is C20H20ClF3N2O2. The normalized spacial score (nSPS) is 12.9. The Morgan fingerprint density at radius 1 is 1.04 bits per heavy atom. The van der Waals surface area contributed by atoms with Crippen LogP contribution in [-0.4, -0.2) is 18.5 Å². The first-order chi connectivity index (χ1) is 13.1. The summed E-state index contributed by atoms with van der Waals surface area (Å²) in [5.41, 5.74) is 2.40. The van der Waals surface area contributed by atoms with Crippen LogP contribution < -0.4 is 0 Å². The minimum Gasteiger partial charge on any atom is -0.399 e. The monoisotopic (exact) mass is 412 g/mol. The Labute approximate surface area is 166 Å². The number of benzene rings is 2. The highest BCUT2D eigenvalue weighted by Gasteiger charge is 2.34. The predicted octanol–water partition coefficient (Wildman–Crippen LogP) is 5.98. The van der Waals surface area contributed by atoms with E-state index in [1.54, 1.807) is 6.92 Å². The maximum Gasteiger partial charge on any atom is 0.417 e. The van der Waals surface area contributed by atoms with Crippen LogP contribution in [0.25, 0.3) is 0 Å². The van der Waals surface area contributed by atoms with E-state index in [9.17, 15) is 13.2 Å². The first kappa shape index (κ1) is 21.8. The van der Waals surface area contributed by atoms with Gasteiger partial charge in [-0.3, -0.25) is 0 Å². The van der Waals surface area contributed by atoms with Crippen molar-refractivity contribution in [1.29, 1.82) is 0 Å². The molecule has 0 aromatic heterocycles. The van der Waals surface area contributed by atoms with Gasteiger partial charge in [-0.2, -0.15) is 13.2 Å². The number of hydrogen-bond acceptors (Lipinski definition) is 4. The SMILES string of the molecule is CO/N=C(/C)c1cccc(C)c1CO/N=C(\C)c1ccc(Cl)cc1C(F)(F)F. The molecule has 0 saturated carbocycles. The summed E-state index contributed by atoms with van der Waals surface area (Å²) in [4.78, 5) is 10.2. The molecule has 0 aliphatic heterocycles. The zero-order valence-electron chi connectivity index (χ0n) is 15.9. The summed E-state index contributed by atoms with van der Waals surface area (Å²) in [6.45, 7) is 5.22. The third kappa shape index (κ3) is 5.25. The van der Waals surface area contributed by atoms with Crippen LogP contribution in [0.1, 0.15) is 41.7 Å². The summed E-state index contributed by atoms with van der Waals surface area (Å²) >= 11 is 5.71. The number of halogens is 4. The molecule has 0 bridgehead atoms. The quantitative estimate of drug-likeness (QED) is 0.432. The van der Waals surface area contributed by atoms with Crippen molar-refractivity contribution in [3.63, 3.8) is 0 Å². The molecule has 0 radical (unpaired) electrons. The van der Waals surface area contributed by atoms with Crippen molar-refractivity contribution in [2.75, 3.05) is 7.11 Å². The van der Waals surface area contributed by atoms with E-state index in [4.69, 9.17) is 21.3 Å². The molecular weight excluding hydrogens is 393 g/mol. The summed E-state index contributed by atoms with van der Waals surface area (Å²) in [5, 5.41) is 7.81. The van der Waals surface area contributed by atoms with Gasteiger partial charge in [0.05, 0.1) is 17.0 Å². The Bertz CT molecular complexity index is 909. The number of alkyl halides is 3. The second-order valence-corrected chi connectivity index (χ2v) is 6.53. The Morgan fingerprint density at radius 3 is 2.36 bits per heavy atom. The van der Waals surface area contributed by atoms with Gasteiger partial charge in [0, 0.05) is 21.7 Å². The van der Waals surface area contributed by atoms with Gasteiger partial charge in [-0.15, -0.1) is 0 Å². The van der Waals surface area contributed by atoms with Gasteiger partial charge in [0.15, 0.2) is 0 Å². The lowest BCUT2D eigenvalue weighted by Gasteiger charge is -2.14. The first-order valence-corrected chi connectivity index (χ1v) is 8.73. The van der Waals surface area contributed by atoms with E-state index in [1.165, 1.54) is 26.2 Å². The Morgan fingerprint density at radius 2 is 1.71 bits per heavy atom. The molecule has 2 rings (SSSR count). The zero-order chi connectivity index (χ0) is 20.9. The fourth-order valence-corrected chi connectivity index (χ4v) is 2.90. The van der Waals surface area contributed by atoms with Crippen LogP contribution >= 0.6 is 11.6 Å². The molecule has 0 saturated heterocycles. The molecule has 2 aromatic rings. The number of oxime groups is 2. The zero-order valence-corrected chi connectivity index (χ0v) is 16.6. The smallest absolute Gasteiger partial charge is 0.399 e. The van der Waals surface area contributed by atoms with Gasteiger partial charge in [0.25, 0.3) is 0 Å². The Kier molecular flexibility index (Phi) is 7.07. The Balaban J connectivity index is 2.29. The van der Waals surface area contributed by atoms with E-state index in [1.807, 2.05) is 25.1 Å². The summed E-state index contributed by atoms with van der Waals surface area (Å²) in [6, 6.07) is 9.18. The van der Waals surface area contributed by atoms with Gasteiger partial charge in [-0.05, 0) is 38.5 Å². The van der Waals surface area contributed by atoms with E-state index >= 15 is 0 Å². The maximum absolute atomic E-state index is 13.3. The summed E-state index contributed by atoms with van der Waals surface area (Å²) in [7, 11) is 1.45. The minimum atomic E-state index is -4.55. The van der Waals surface area contributed by atoms with Crippen LogP contribution in [0.4, 0.5) is 13.2 Å². The van der Waals surface area contributed by atoms with Crippen LogP contribution in [0.15, 0.2) is 46.7 Å².